The minimum Gasteiger partial charge on any atom is -0.497 e. The van der Waals surface area contributed by atoms with Gasteiger partial charge >= 0.3 is 0 Å². The van der Waals surface area contributed by atoms with Gasteiger partial charge in [0.1, 0.15) is 11.5 Å². The van der Waals surface area contributed by atoms with Crippen molar-refractivity contribution < 1.29 is 14.3 Å². The smallest absolute Gasteiger partial charge is 0.258 e. The molecule has 1 N–H and O–H groups in total. The van der Waals surface area contributed by atoms with E-state index in [0.29, 0.717) is 17.1 Å². The van der Waals surface area contributed by atoms with Gasteiger partial charge in [-0.1, -0.05) is 0 Å². The Morgan fingerprint density at radius 1 is 1.09 bits per heavy atom. The van der Waals surface area contributed by atoms with Gasteiger partial charge in [-0.2, -0.15) is 0 Å². The lowest BCUT2D eigenvalue weighted by Gasteiger charge is -2.18. The van der Waals surface area contributed by atoms with Crippen molar-refractivity contribution in [2.75, 3.05) is 26.2 Å². The van der Waals surface area contributed by atoms with Crippen LogP contribution in [0.2, 0.25) is 0 Å². The second kappa shape index (κ2) is 6.00. The molecular weight excluding hydrogens is 294 g/mol. The van der Waals surface area contributed by atoms with Gasteiger partial charge in [0.15, 0.2) is 0 Å². The summed E-state index contributed by atoms with van der Waals surface area (Å²) >= 11 is 0. The molecule has 6 nitrogen and oxygen atoms in total. The first-order valence-electron chi connectivity index (χ1n) is 7.06. The van der Waals surface area contributed by atoms with Crippen LogP contribution in [0.5, 0.6) is 11.5 Å². The monoisotopic (exact) mass is 311 g/mol. The molecule has 2 aromatic carbocycles. The third-order valence-corrected chi connectivity index (χ3v) is 3.69. The molecule has 0 atom stereocenters. The number of aromatic nitrogens is 2. The zero-order chi connectivity index (χ0) is 16.4. The van der Waals surface area contributed by atoms with Crippen LogP contribution in [0.1, 0.15) is 10.4 Å². The second-order valence-electron chi connectivity index (χ2n) is 5.07. The maximum atomic E-state index is 12.7. The fourth-order valence-corrected chi connectivity index (χ4v) is 2.37. The highest BCUT2D eigenvalue weighted by atomic mass is 16.5. The van der Waals surface area contributed by atoms with E-state index in [0.717, 1.165) is 16.7 Å². The standard InChI is InChI=1S/C17H17N3O3/c1-20(12-4-5-15-16(8-12)19-10-18-15)17(21)11-6-13(22-2)9-14(7-11)23-3/h4-10H,1-3H3,(H,18,19). The maximum absolute atomic E-state index is 12.7. The number of methoxy groups -OCH3 is 2. The number of hydrogen-bond acceptors (Lipinski definition) is 4. The lowest BCUT2D eigenvalue weighted by molar-refractivity contribution is 0.0992. The Morgan fingerprint density at radius 3 is 2.43 bits per heavy atom. The van der Waals surface area contributed by atoms with E-state index in [1.165, 1.54) is 0 Å². The van der Waals surface area contributed by atoms with Crippen LogP contribution in [0.3, 0.4) is 0 Å². The van der Waals surface area contributed by atoms with Crippen molar-refractivity contribution in [2.45, 2.75) is 0 Å². The van der Waals surface area contributed by atoms with Gasteiger partial charge in [-0.3, -0.25) is 4.79 Å². The Morgan fingerprint density at radius 2 is 1.78 bits per heavy atom. The van der Waals surface area contributed by atoms with E-state index in [2.05, 4.69) is 9.97 Å². The predicted octanol–water partition coefficient (Wildman–Crippen LogP) is 2.86. The molecule has 0 saturated heterocycles. The van der Waals surface area contributed by atoms with Gasteiger partial charge in [0, 0.05) is 24.4 Å². The molecule has 1 amide bonds. The molecule has 0 radical (unpaired) electrons. The average Bonchev–Trinajstić information content (AvgIpc) is 3.07. The van der Waals surface area contributed by atoms with Crippen LogP contribution in [0.25, 0.3) is 11.0 Å². The quantitative estimate of drug-likeness (QED) is 0.804. The van der Waals surface area contributed by atoms with Crippen molar-refractivity contribution in [1.82, 2.24) is 9.97 Å². The summed E-state index contributed by atoms with van der Waals surface area (Å²) in [5.41, 5.74) is 3.00. The molecule has 1 heterocycles. The number of anilines is 1. The summed E-state index contributed by atoms with van der Waals surface area (Å²) in [6.45, 7) is 0. The van der Waals surface area contributed by atoms with Crippen LogP contribution in [-0.4, -0.2) is 37.1 Å². The van der Waals surface area contributed by atoms with Crippen LogP contribution in [0, 0.1) is 0 Å². The van der Waals surface area contributed by atoms with Crippen LogP contribution in [0.4, 0.5) is 5.69 Å². The molecule has 3 aromatic rings. The number of ether oxygens (including phenoxy) is 2. The van der Waals surface area contributed by atoms with Gasteiger partial charge < -0.3 is 19.4 Å². The van der Waals surface area contributed by atoms with Crippen molar-refractivity contribution in [2.24, 2.45) is 0 Å². The molecule has 0 aliphatic heterocycles. The molecule has 0 fully saturated rings. The van der Waals surface area contributed by atoms with Gasteiger partial charge in [-0.25, -0.2) is 4.98 Å². The number of carbonyl (C=O) groups excluding carboxylic acids is 1. The van der Waals surface area contributed by atoms with Crippen molar-refractivity contribution in [3.05, 3.63) is 48.3 Å². The normalized spacial score (nSPS) is 10.6. The highest BCUT2D eigenvalue weighted by Gasteiger charge is 2.16. The number of rotatable bonds is 4. The molecule has 0 spiro atoms. The average molecular weight is 311 g/mol. The van der Waals surface area contributed by atoms with Gasteiger partial charge in [-0.15, -0.1) is 0 Å². The Balaban J connectivity index is 1.95. The summed E-state index contributed by atoms with van der Waals surface area (Å²) in [7, 11) is 4.84. The second-order valence-corrected chi connectivity index (χ2v) is 5.07. The van der Waals surface area contributed by atoms with E-state index < -0.39 is 0 Å². The van der Waals surface area contributed by atoms with Crippen molar-refractivity contribution in [1.29, 1.82) is 0 Å². The number of nitrogens with zero attached hydrogens (tertiary/aromatic N) is 2. The largest absolute Gasteiger partial charge is 0.497 e. The third-order valence-electron chi connectivity index (χ3n) is 3.69. The molecule has 1 aromatic heterocycles. The molecule has 0 saturated carbocycles. The Labute approximate surface area is 133 Å². The van der Waals surface area contributed by atoms with Gasteiger partial charge in [0.05, 0.1) is 31.6 Å². The first-order chi connectivity index (χ1) is 11.1. The number of nitrogens with one attached hydrogen (secondary N) is 1. The van der Waals surface area contributed by atoms with Crippen LogP contribution in [-0.2, 0) is 0 Å². The Kier molecular flexibility index (Phi) is 3.89. The summed E-state index contributed by atoms with van der Waals surface area (Å²) in [6.07, 6.45) is 1.63. The predicted molar refractivity (Wildman–Crippen MR) is 88.4 cm³/mol. The maximum Gasteiger partial charge on any atom is 0.258 e. The third kappa shape index (κ3) is 2.83. The molecule has 0 bridgehead atoms. The lowest BCUT2D eigenvalue weighted by atomic mass is 10.1. The van der Waals surface area contributed by atoms with E-state index >= 15 is 0 Å². The lowest BCUT2D eigenvalue weighted by Crippen LogP contribution is -2.26. The minimum absolute atomic E-state index is 0.152. The van der Waals surface area contributed by atoms with E-state index in [9.17, 15) is 4.79 Å². The topological polar surface area (TPSA) is 67.5 Å². The van der Waals surface area contributed by atoms with Gasteiger partial charge in [0.2, 0.25) is 0 Å². The number of H-pyrrole nitrogens is 1. The fraction of sp³-hybridized carbons (Fsp3) is 0.176. The Hall–Kier alpha value is -3.02. The zero-order valence-corrected chi connectivity index (χ0v) is 13.2. The molecule has 3 rings (SSSR count). The highest BCUT2D eigenvalue weighted by molar-refractivity contribution is 6.06. The Bertz CT molecular complexity index is 835. The van der Waals surface area contributed by atoms with Crippen molar-refractivity contribution >= 4 is 22.6 Å². The molecule has 118 valence electrons. The molecule has 0 aliphatic rings. The summed E-state index contributed by atoms with van der Waals surface area (Å²) in [6, 6.07) is 10.7. The van der Waals surface area contributed by atoms with E-state index in [1.807, 2.05) is 18.2 Å². The zero-order valence-electron chi connectivity index (χ0n) is 13.2. The SMILES string of the molecule is COc1cc(OC)cc(C(=O)N(C)c2ccc3nc[nH]c3c2)c1. The summed E-state index contributed by atoms with van der Waals surface area (Å²) in [5.74, 6) is 0.997. The number of benzene rings is 2. The van der Waals surface area contributed by atoms with Gasteiger partial charge in [-0.05, 0) is 30.3 Å². The van der Waals surface area contributed by atoms with Crippen LogP contribution in [0.15, 0.2) is 42.7 Å². The van der Waals surface area contributed by atoms with Crippen LogP contribution >= 0.6 is 0 Å². The molecule has 0 unspecified atom stereocenters. The molecule has 23 heavy (non-hydrogen) atoms. The van der Waals surface area contributed by atoms with Crippen molar-refractivity contribution in [3.63, 3.8) is 0 Å². The number of imidazole rings is 1. The summed E-state index contributed by atoms with van der Waals surface area (Å²) < 4.78 is 10.4. The molecule has 6 heteroatoms. The van der Waals surface area contributed by atoms with Gasteiger partial charge in [0.25, 0.3) is 5.91 Å². The minimum atomic E-state index is -0.152. The number of fused-ring (bicyclic) bond motifs is 1. The summed E-state index contributed by atoms with van der Waals surface area (Å²) in [5, 5.41) is 0. The molecule has 0 aliphatic carbocycles. The molecular formula is C17H17N3O3. The van der Waals surface area contributed by atoms with E-state index in [-0.39, 0.29) is 5.91 Å². The van der Waals surface area contributed by atoms with E-state index in [1.54, 1.807) is 50.7 Å². The fourth-order valence-electron chi connectivity index (χ4n) is 2.37. The van der Waals surface area contributed by atoms with Crippen LogP contribution < -0.4 is 14.4 Å². The number of amides is 1. The first-order valence-corrected chi connectivity index (χ1v) is 7.06. The summed E-state index contributed by atoms with van der Waals surface area (Å²) in [4.78, 5) is 21.5. The first kappa shape index (κ1) is 14.9. The number of aromatic amines is 1. The van der Waals surface area contributed by atoms with Crippen molar-refractivity contribution in [3.8, 4) is 11.5 Å². The van der Waals surface area contributed by atoms with E-state index in [4.69, 9.17) is 9.47 Å². The number of hydrogen-bond donors (Lipinski definition) is 1. The highest BCUT2D eigenvalue weighted by Crippen LogP contribution is 2.25. The number of carbonyl (C=O) groups is 1.